The van der Waals surface area contributed by atoms with Crippen molar-refractivity contribution in [3.05, 3.63) is 0 Å². The average Bonchev–Trinajstić information content (AvgIpc) is 1.82. The van der Waals surface area contributed by atoms with Crippen LogP contribution in [0.15, 0.2) is 0 Å². The maximum Gasteiger partial charge on any atom is 0.382 e. The van der Waals surface area contributed by atoms with Gasteiger partial charge in [0.1, 0.15) is 0 Å². The molecule has 1 saturated heterocycles. The molecule has 0 radical (unpaired) electrons. The molecule has 0 aromatic rings. The highest BCUT2D eigenvalue weighted by Gasteiger charge is 2.56. The van der Waals surface area contributed by atoms with Gasteiger partial charge in [-0.05, 0) is 13.8 Å². The van der Waals surface area contributed by atoms with E-state index < -0.39 is 24.4 Å². The van der Waals surface area contributed by atoms with Gasteiger partial charge in [0.05, 0.1) is 0 Å². The Morgan fingerprint density at radius 3 is 1.33 bits per heavy atom. The fourth-order valence-electron chi connectivity index (χ4n) is 0.800. The van der Waals surface area contributed by atoms with Crippen molar-refractivity contribution in [1.82, 2.24) is 0 Å². The first-order chi connectivity index (χ1) is 5.26. The maximum atomic E-state index is 12.5. The third kappa shape index (κ3) is 1.54. The normalized spacial score (nSPS) is 39.5. The molecule has 0 N–H and O–H groups in total. The maximum absolute atomic E-state index is 12.5. The number of hydrogen-bond donors (Lipinski definition) is 0. The van der Waals surface area contributed by atoms with Gasteiger partial charge < -0.3 is 9.47 Å². The molecule has 0 aromatic heterocycles. The van der Waals surface area contributed by atoms with Gasteiger partial charge >= 0.3 is 12.2 Å². The molecule has 1 aliphatic rings. The van der Waals surface area contributed by atoms with Crippen LogP contribution in [0.1, 0.15) is 13.8 Å². The molecule has 1 fully saturated rings. The van der Waals surface area contributed by atoms with E-state index in [1.54, 1.807) is 0 Å². The average molecular weight is 188 g/mol. The first kappa shape index (κ1) is 9.73. The van der Waals surface area contributed by atoms with Crippen LogP contribution in [-0.4, -0.2) is 24.4 Å². The van der Waals surface area contributed by atoms with Gasteiger partial charge in [-0.15, -0.1) is 0 Å². The predicted octanol–water partition coefficient (Wildman–Crippen LogP) is 2.00. The monoisotopic (exact) mass is 188 g/mol. The summed E-state index contributed by atoms with van der Waals surface area (Å²) in [5, 5.41) is 0. The van der Waals surface area contributed by atoms with Crippen molar-refractivity contribution in [3.8, 4) is 0 Å². The number of rotatable bonds is 0. The van der Waals surface area contributed by atoms with Gasteiger partial charge in [0.15, 0.2) is 12.2 Å². The lowest BCUT2D eigenvalue weighted by Crippen LogP contribution is -2.54. The molecule has 0 bridgehead atoms. The van der Waals surface area contributed by atoms with Gasteiger partial charge in [0, 0.05) is 0 Å². The third-order valence-corrected chi connectivity index (χ3v) is 1.61. The van der Waals surface area contributed by atoms with E-state index in [9.17, 15) is 17.6 Å². The Hall–Kier alpha value is -0.360. The molecule has 6 heteroatoms. The lowest BCUT2D eigenvalue weighted by atomic mass is 10.3. The van der Waals surface area contributed by atoms with Gasteiger partial charge in [0.2, 0.25) is 0 Å². The Morgan fingerprint density at radius 2 is 1.08 bits per heavy atom. The lowest BCUT2D eigenvalue weighted by Gasteiger charge is -2.37. The highest BCUT2D eigenvalue weighted by Crippen LogP contribution is 2.38. The number of alkyl halides is 4. The second-order valence-electron chi connectivity index (χ2n) is 2.64. The highest BCUT2D eigenvalue weighted by atomic mass is 19.3. The molecule has 12 heavy (non-hydrogen) atoms. The minimum absolute atomic E-state index is 0.833. The largest absolute Gasteiger partial charge is 0.382 e. The van der Waals surface area contributed by atoms with Crippen LogP contribution in [0.25, 0.3) is 0 Å². The molecule has 72 valence electrons. The summed E-state index contributed by atoms with van der Waals surface area (Å²) >= 11 is 0. The smallest absolute Gasteiger partial charge is 0.306 e. The van der Waals surface area contributed by atoms with Crippen molar-refractivity contribution in [3.63, 3.8) is 0 Å². The molecule has 1 aliphatic heterocycles. The van der Waals surface area contributed by atoms with Gasteiger partial charge in [-0.3, -0.25) is 0 Å². The summed E-state index contributed by atoms with van der Waals surface area (Å²) in [6.45, 7) is 1.67. The Morgan fingerprint density at radius 1 is 0.833 bits per heavy atom. The molecule has 2 nitrogen and oxygen atoms in total. The summed E-state index contributed by atoms with van der Waals surface area (Å²) < 4.78 is 57.6. The SMILES string of the molecule is CC1OC(F)(F)C(C)OC1(F)F. The molecule has 1 heterocycles. The van der Waals surface area contributed by atoms with Crippen LogP contribution in [0.3, 0.4) is 0 Å². The molecule has 2 atom stereocenters. The second-order valence-corrected chi connectivity index (χ2v) is 2.64. The Balaban J connectivity index is 2.76. The molecular formula is C6H8F4O2. The molecule has 0 amide bonds. The quantitative estimate of drug-likeness (QED) is 0.541. The fraction of sp³-hybridized carbons (Fsp3) is 1.00. The van der Waals surface area contributed by atoms with E-state index in [1.807, 2.05) is 0 Å². The van der Waals surface area contributed by atoms with Crippen LogP contribution in [0, 0.1) is 0 Å². The van der Waals surface area contributed by atoms with Crippen molar-refractivity contribution >= 4 is 0 Å². The summed E-state index contributed by atoms with van der Waals surface area (Å²) in [7, 11) is 0. The fourth-order valence-corrected chi connectivity index (χ4v) is 0.800. The van der Waals surface area contributed by atoms with E-state index in [-0.39, 0.29) is 0 Å². The van der Waals surface area contributed by atoms with Crippen LogP contribution >= 0.6 is 0 Å². The van der Waals surface area contributed by atoms with Crippen molar-refractivity contribution < 1.29 is 27.0 Å². The Labute approximate surface area is 66.4 Å². The van der Waals surface area contributed by atoms with Gasteiger partial charge in [0.25, 0.3) is 0 Å². The van der Waals surface area contributed by atoms with E-state index in [0.29, 0.717) is 0 Å². The van der Waals surface area contributed by atoms with E-state index in [2.05, 4.69) is 9.47 Å². The van der Waals surface area contributed by atoms with Gasteiger partial charge in [-0.2, -0.15) is 17.6 Å². The zero-order valence-corrected chi connectivity index (χ0v) is 6.48. The number of hydrogen-bond acceptors (Lipinski definition) is 2. The van der Waals surface area contributed by atoms with Crippen molar-refractivity contribution in [2.45, 2.75) is 38.3 Å². The Bertz CT molecular complexity index is 162. The lowest BCUT2D eigenvalue weighted by molar-refractivity contribution is -0.448. The van der Waals surface area contributed by atoms with Gasteiger partial charge in [-0.1, -0.05) is 0 Å². The zero-order valence-electron chi connectivity index (χ0n) is 6.48. The summed E-state index contributed by atoms with van der Waals surface area (Å²) in [6, 6.07) is 0. The second kappa shape index (κ2) is 2.56. The zero-order chi connectivity index (χ0) is 9.57. The van der Waals surface area contributed by atoms with Crippen molar-refractivity contribution in [1.29, 1.82) is 0 Å². The molecule has 0 spiro atoms. The topological polar surface area (TPSA) is 18.5 Å². The summed E-state index contributed by atoms with van der Waals surface area (Å²) in [4.78, 5) is 0. The van der Waals surface area contributed by atoms with Crippen LogP contribution in [0.4, 0.5) is 17.6 Å². The summed E-state index contributed by atoms with van der Waals surface area (Å²) in [5.41, 5.74) is 0. The molecule has 0 saturated carbocycles. The van der Waals surface area contributed by atoms with Crippen LogP contribution in [0.2, 0.25) is 0 Å². The minimum atomic E-state index is -3.64. The van der Waals surface area contributed by atoms with E-state index in [0.717, 1.165) is 13.8 Å². The summed E-state index contributed by atoms with van der Waals surface area (Å²) in [6.07, 6.45) is -11.1. The first-order valence-corrected chi connectivity index (χ1v) is 3.37. The molecule has 1 rings (SSSR count). The van der Waals surface area contributed by atoms with E-state index >= 15 is 0 Å². The van der Waals surface area contributed by atoms with Crippen LogP contribution in [-0.2, 0) is 9.47 Å². The van der Waals surface area contributed by atoms with Crippen LogP contribution in [0.5, 0.6) is 0 Å². The third-order valence-electron chi connectivity index (χ3n) is 1.61. The van der Waals surface area contributed by atoms with Crippen LogP contribution < -0.4 is 0 Å². The standard InChI is InChI=1S/C6H8F4O2/c1-3-5(7,8)12-4(2)6(9,10)11-3/h3-4H,1-2H3. The van der Waals surface area contributed by atoms with E-state index in [4.69, 9.17) is 0 Å². The highest BCUT2D eigenvalue weighted by molar-refractivity contribution is 4.77. The molecular weight excluding hydrogens is 180 g/mol. The first-order valence-electron chi connectivity index (χ1n) is 3.37. The van der Waals surface area contributed by atoms with E-state index in [1.165, 1.54) is 0 Å². The predicted molar refractivity (Wildman–Crippen MR) is 31.0 cm³/mol. The van der Waals surface area contributed by atoms with Crippen molar-refractivity contribution in [2.75, 3.05) is 0 Å². The summed E-state index contributed by atoms with van der Waals surface area (Å²) in [5.74, 6) is 0. The van der Waals surface area contributed by atoms with Gasteiger partial charge in [-0.25, -0.2) is 0 Å². The molecule has 2 unspecified atom stereocenters. The number of ether oxygens (including phenoxy) is 2. The minimum Gasteiger partial charge on any atom is -0.306 e. The van der Waals surface area contributed by atoms with Crippen molar-refractivity contribution in [2.24, 2.45) is 0 Å². The Kier molecular flexibility index (Phi) is 2.08. The number of halogens is 4. The molecule has 0 aromatic carbocycles. The molecule has 0 aliphatic carbocycles.